The number of aromatic nitrogens is 1. The van der Waals surface area contributed by atoms with Crippen molar-refractivity contribution in [2.24, 2.45) is 0 Å². The molecule has 1 aliphatic rings. The summed E-state index contributed by atoms with van der Waals surface area (Å²) in [5, 5.41) is 1.10. The number of carbonyl (C=O) groups is 1. The van der Waals surface area contributed by atoms with Gasteiger partial charge in [0.25, 0.3) is 5.91 Å². The van der Waals surface area contributed by atoms with Gasteiger partial charge >= 0.3 is 0 Å². The monoisotopic (exact) mass is 438 g/mol. The number of thioether (sulfide) groups is 1. The van der Waals surface area contributed by atoms with Crippen LogP contribution in [0.5, 0.6) is 5.75 Å². The second-order valence-corrected chi connectivity index (χ2v) is 8.46. The molecule has 4 rings (SSSR count). The Balaban J connectivity index is 1.55. The highest BCUT2D eigenvalue weighted by Gasteiger charge is 2.31. The van der Waals surface area contributed by atoms with Gasteiger partial charge in [0.15, 0.2) is 0 Å². The predicted molar refractivity (Wildman–Crippen MR) is 126 cm³/mol. The molecule has 154 valence electrons. The molecule has 0 saturated carbocycles. The summed E-state index contributed by atoms with van der Waals surface area (Å²) < 4.78 is 13.7. The van der Waals surface area contributed by atoms with E-state index in [1.165, 1.54) is 11.8 Å². The maximum absolute atomic E-state index is 12.8. The first kappa shape index (κ1) is 20.7. The molecule has 5 nitrogen and oxygen atoms in total. The summed E-state index contributed by atoms with van der Waals surface area (Å²) in [7, 11) is 1.61. The van der Waals surface area contributed by atoms with E-state index in [0.29, 0.717) is 35.5 Å². The SMILES string of the molecule is COCCN1C(=O)/C(=C/c2cn(CCOc3ccccc3)c3ccccc23)SC1=S. The minimum absolute atomic E-state index is 0.0636. The van der Waals surface area contributed by atoms with Gasteiger partial charge in [-0.15, -0.1) is 0 Å². The molecule has 1 amide bonds. The second-order valence-electron chi connectivity index (χ2n) is 6.78. The van der Waals surface area contributed by atoms with Crippen LogP contribution in [0.15, 0.2) is 65.7 Å². The molecule has 1 saturated heterocycles. The quantitative estimate of drug-likeness (QED) is 0.381. The van der Waals surface area contributed by atoms with Gasteiger partial charge in [0.05, 0.1) is 24.6 Å². The van der Waals surface area contributed by atoms with Crippen LogP contribution >= 0.6 is 24.0 Å². The number of nitrogens with zero attached hydrogens (tertiary/aromatic N) is 2. The Morgan fingerprint density at radius 2 is 1.80 bits per heavy atom. The summed E-state index contributed by atoms with van der Waals surface area (Å²) in [6.45, 7) is 2.19. The normalized spacial score (nSPS) is 15.5. The van der Waals surface area contributed by atoms with Gasteiger partial charge in [0, 0.05) is 29.8 Å². The molecule has 7 heteroatoms. The van der Waals surface area contributed by atoms with Crippen molar-refractivity contribution in [2.75, 3.05) is 26.9 Å². The number of methoxy groups -OCH3 is 1. The van der Waals surface area contributed by atoms with E-state index in [4.69, 9.17) is 21.7 Å². The number of para-hydroxylation sites is 2. The van der Waals surface area contributed by atoms with Crippen LogP contribution in [0.2, 0.25) is 0 Å². The van der Waals surface area contributed by atoms with E-state index in [-0.39, 0.29) is 5.91 Å². The summed E-state index contributed by atoms with van der Waals surface area (Å²) in [4.78, 5) is 15.0. The Kier molecular flexibility index (Phi) is 6.52. The molecule has 0 unspecified atom stereocenters. The topological polar surface area (TPSA) is 43.7 Å². The fraction of sp³-hybridized carbons (Fsp3) is 0.217. The van der Waals surface area contributed by atoms with Crippen LogP contribution in [0.1, 0.15) is 5.56 Å². The van der Waals surface area contributed by atoms with E-state index in [1.807, 2.05) is 48.5 Å². The van der Waals surface area contributed by atoms with E-state index in [2.05, 4.69) is 22.9 Å². The molecule has 1 fully saturated rings. The largest absolute Gasteiger partial charge is 0.492 e. The fourth-order valence-corrected chi connectivity index (χ4v) is 4.67. The first-order chi connectivity index (χ1) is 14.7. The zero-order chi connectivity index (χ0) is 20.9. The molecule has 30 heavy (non-hydrogen) atoms. The number of amides is 1. The molecule has 0 N–H and O–H groups in total. The molecule has 0 atom stereocenters. The zero-order valence-electron chi connectivity index (χ0n) is 16.6. The van der Waals surface area contributed by atoms with E-state index in [0.717, 1.165) is 22.2 Å². The Bertz CT molecular complexity index is 1090. The lowest BCUT2D eigenvalue weighted by Gasteiger charge is -2.12. The standard InChI is InChI=1S/C23H22N2O3S2/c1-27-13-12-25-22(26)21(30-23(25)29)15-17-16-24(20-10-6-5-9-19(17)20)11-14-28-18-7-3-2-4-8-18/h2-10,15-16H,11-14H2,1H3/b21-15-. The molecule has 1 aromatic heterocycles. The van der Waals surface area contributed by atoms with Gasteiger partial charge in [-0.05, 0) is 24.3 Å². The number of ether oxygens (including phenoxy) is 2. The Hall–Kier alpha value is -2.61. The Morgan fingerprint density at radius 1 is 1.03 bits per heavy atom. The molecule has 2 heterocycles. The lowest BCUT2D eigenvalue weighted by atomic mass is 10.1. The van der Waals surface area contributed by atoms with Crippen molar-refractivity contribution in [1.29, 1.82) is 0 Å². The number of carbonyl (C=O) groups excluding carboxylic acids is 1. The maximum atomic E-state index is 12.8. The van der Waals surface area contributed by atoms with Crippen LogP contribution in [-0.4, -0.2) is 46.6 Å². The number of hydrogen-bond acceptors (Lipinski definition) is 5. The highest BCUT2D eigenvalue weighted by Crippen LogP contribution is 2.34. The fourth-order valence-electron chi connectivity index (χ4n) is 3.37. The summed E-state index contributed by atoms with van der Waals surface area (Å²) in [6.07, 6.45) is 4.00. The molecular formula is C23H22N2O3S2. The van der Waals surface area contributed by atoms with E-state index >= 15 is 0 Å². The average molecular weight is 439 g/mol. The Morgan fingerprint density at radius 3 is 2.60 bits per heavy atom. The third-order valence-corrected chi connectivity index (χ3v) is 6.22. The van der Waals surface area contributed by atoms with Gasteiger partial charge in [-0.25, -0.2) is 0 Å². The average Bonchev–Trinajstić information content (AvgIpc) is 3.24. The van der Waals surface area contributed by atoms with Gasteiger partial charge in [-0.2, -0.15) is 0 Å². The summed E-state index contributed by atoms with van der Waals surface area (Å²) in [5.74, 6) is 0.792. The number of rotatable bonds is 8. The van der Waals surface area contributed by atoms with Gasteiger partial charge in [-0.1, -0.05) is 60.4 Å². The van der Waals surface area contributed by atoms with E-state index in [1.54, 1.807) is 12.0 Å². The first-order valence-electron chi connectivity index (χ1n) is 9.67. The van der Waals surface area contributed by atoms with Crippen molar-refractivity contribution in [3.05, 3.63) is 71.3 Å². The van der Waals surface area contributed by atoms with Gasteiger partial charge in [0.1, 0.15) is 16.7 Å². The van der Waals surface area contributed by atoms with Crippen LogP contribution in [0.25, 0.3) is 17.0 Å². The molecule has 0 radical (unpaired) electrons. The number of hydrogen-bond donors (Lipinski definition) is 0. The summed E-state index contributed by atoms with van der Waals surface area (Å²) in [5.41, 5.74) is 2.10. The smallest absolute Gasteiger partial charge is 0.266 e. The molecule has 2 aromatic carbocycles. The Labute approximate surface area is 185 Å². The van der Waals surface area contributed by atoms with Crippen molar-refractivity contribution < 1.29 is 14.3 Å². The maximum Gasteiger partial charge on any atom is 0.266 e. The molecule has 0 aliphatic carbocycles. The third-order valence-electron chi connectivity index (χ3n) is 4.84. The number of benzene rings is 2. The van der Waals surface area contributed by atoms with Crippen molar-refractivity contribution >= 4 is 51.2 Å². The van der Waals surface area contributed by atoms with Gasteiger partial charge in [0.2, 0.25) is 0 Å². The molecule has 3 aromatic rings. The zero-order valence-corrected chi connectivity index (χ0v) is 18.2. The van der Waals surface area contributed by atoms with E-state index in [9.17, 15) is 4.79 Å². The highest BCUT2D eigenvalue weighted by molar-refractivity contribution is 8.26. The van der Waals surface area contributed by atoms with Crippen LogP contribution in [0, 0.1) is 0 Å². The van der Waals surface area contributed by atoms with Crippen molar-refractivity contribution in [3.8, 4) is 5.75 Å². The number of thiocarbonyl (C=S) groups is 1. The minimum atomic E-state index is -0.0636. The van der Waals surface area contributed by atoms with E-state index < -0.39 is 0 Å². The third kappa shape index (κ3) is 4.43. The minimum Gasteiger partial charge on any atom is -0.492 e. The van der Waals surface area contributed by atoms with Crippen LogP contribution in [-0.2, 0) is 16.1 Å². The van der Waals surface area contributed by atoms with Crippen LogP contribution in [0.4, 0.5) is 0 Å². The van der Waals surface area contributed by atoms with Crippen molar-refractivity contribution in [3.63, 3.8) is 0 Å². The predicted octanol–water partition coefficient (Wildman–Crippen LogP) is 4.57. The van der Waals surface area contributed by atoms with Gasteiger partial charge in [-0.3, -0.25) is 9.69 Å². The van der Waals surface area contributed by atoms with Crippen molar-refractivity contribution in [1.82, 2.24) is 9.47 Å². The second kappa shape index (κ2) is 9.47. The van der Waals surface area contributed by atoms with Crippen LogP contribution in [0.3, 0.4) is 0 Å². The van der Waals surface area contributed by atoms with Gasteiger partial charge < -0.3 is 14.0 Å². The lowest BCUT2D eigenvalue weighted by Crippen LogP contribution is -2.31. The summed E-state index contributed by atoms with van der Waals surface area (Å²) in [6, 6.07) is 18.0. The first-order valence-corrected chi connectivity index (χ1v) is 10.9. The lowest BCUT2D eigenvalue weighted by molar-refractivity contribution is -0.122. The molecule has 1 aliphatic heterocycles. The number of fused-ring (bicyclic) bond motifs is 1. The molecule has 0 spiro atoms. The molecule has 0 bridgehead atoms. The van der Waals surface area contributed by atoms with Crippen LogP contribution < -0.4 is 4.74 Å². The highest BCUT2D eigenvalue weighted by atomic mass is 32.2. The van der Waals surface area contributed by atoms with Crippen molar-refractivity contribution in [2.45, 2.75) is 6.54 Å². The molecular weight excluding hydrogens is 416 g/mol. The summed E-state index contributed by atoms with van der Waals surface area (Å²) >= 11 is 6.72.